The van der Waals surface area contributed by atoms with Gasteiger partial charge in [0.15, 0.2) is 0 Å². The average molecular weight is 560 g/mol. The Morgan fingerprint density at radius 1 is 0.846 bits per heavy atom. The monoisotopic (exact) mass is 559 g/mol. The van der Waals surface area contributed by atoms with Crippen LogP contribution in [0.4, 0.5) is 0 Å². The maximum Gasteiger partial charge on any atom is 0.308 e. The zero-order chi connectivity index (χ0) is 29.4. The largest absolute Gasteiger partial charge is 0.460 e. The lowest BCUT2D eigenvalue weighted by atomic mass is 9.97. The van der Waals surface area contributed by atoms with Crippen LogP contribution < -0.4 is 4.72 Å². The third kappa shape index (κ3) is 11.4. The normalized spacial score (nSPS) is 15.4. The summed E-state index contributed by atoms with van der Waals surface area (Å²) in [5, 5.41) is -0.0881. The van der Waals surface area contributed by atoms with Crippen LogP contribution in [0, 0.1) is 5.92 Å². The summed E-state index contributed by atoms with van der Waals surface area (Å²) in [6.45, 7) is 17.1. The quantitative estimate of drug-likeness (QED) is 0.396. The molecule has 0 aliphatic heterocycles. The van der Waals surface area contributed by atoms with E-state index in [0.29, 0.717) is 0 Å². The predicted octanol–water partition coefficient (Wildman–Crippen LogP) is 6.76. The highest BCUT2D eigenvalue weighted by Crippen LogP contribution is 2.35. The van der Waals surface area contributed by atoms with Crippen molar-refractivity contribution in [3.8, 4) is 0 Å². The highest BCUT2D eigenvalue weighted by molar-refractivity contribution is 7.90. The first-order chi connectivity index (χ1) is 18.1. The number of rotatable bonds is 6. The van der Waals surface area contributed by atoms with Crippen LogP contribution in [0.15, 0.2) is 48.5 Å². The number of carbonyl (C=O) groups excluding carboxylic acids is 1. The molecule has 7 heteroatoms. The van der Waals surface area contributed by atoms with Crippen LogP contribution in [0.3, 0.4) is 0 Å². The Morgan fingerprint density at radius 3 is 1.64 bits per heavy atom. The van der Waals surface area contributed by atoms with E-state index in [1.54, 1.807) is 0 Å². The number of nitrogens with one attached hydrogen (secondary N) is 1. The number of benzene rings is 2. The molecule has 218 valence electrons. The van der Waals surface area contributed by atoms with Crippen molar-refractivity contribution in [1.29, 1.82) is 0 Å². The smallest absolute Gasteiger partial charge is 0.308 e. The third-order valence-corrected chi connectivity index (χ3v) is 8.14. The third-order valence-electron chi connectivity index (χ3n) is 5.99. The van der Waals surface area contributed by atoms with Gasteiger partial charge in [0.2, 0.25) is 10.0 Å². The van der Waals surface area contributed by atoms with Gasteiger partial charge in [-0.2, -0.15) is 0 Å². The van der Waals surface area contributed by atoms with Crippen molar-refractivity contribution in [2.45, 2.75) is 117 Å². The summed E-state index contributed by atoms with van der Waals surface area (Å²) in [5.74, 6) is -0.160. The Balaban J connectivity index is 0.000000227. The summed E-state index contributed by atoms with van der Waals surface area (Å²) in [6, 6.07) is 17.4. The fourth-order valence-corrected chi connectivity index (χ4v) is 5.72. The Hall–Kier alpha value is -2.22. The standard InChI is InChI=1S/C18H20O.C8H16O2.C6H13NO2S/c1-13(2)19-18-16-9-5-3-7-14(16)11-12-15-8-4-6-10-17(15)18;1-6(2)7(9)10-8(3,4)5;1-5(2)7-10(8,9)6-3-4-6/h3-10,13,18H,11-12H2,1-2H3;6H,1-5H3;5-7H,3-4H2,1-2H3. The van der Waals surface area contributed by atoms with Crippen molar-refractivity contribution in [1.82, 2.24) is 4.72 Å². The van der Waals surface area contributed by atoms with Crippen LogP contribution in [-0.4, -0.2) is 37.4 Å². The molecule has 0 amide bonds. The van der Waals surface area contributed by atoms with Gasteiger partial charge in [-0.3, -0.25) is 4.79 Å². The molecule has 2 aliphatic rings. The van der Waals surface area contributed by atoms with Crippen LogP contribution in [0.2, 0.25) is 0 Å². The van der Waals surface area contributed by atoms with Gasteiger partial charge in [0, 0.05) is 6.04 Å². The molecular formula is C32H49NO5S. The van der Waals surface area contributed by atoms with Crippen molar-refractivity contribution in [2.24, 2.45) is 5.92 Å². The zero-order valence-corrected chi connectivity index (χ0v) is 26.1. The second-order valence-corrected chi connectivity index (χ2v) is 14.2. The van der Waals surface area contributed by atoms with Crippen molar-refractivity contribution in [3.63, 3.8) is 0 Å². The van der Waals surface area contributed by atoms with E-state index in [4.69, 9.17) is 9.47 Å². The maximum absolute atomic E-state index is 11.1. The van der Waals surface area contributed by atoms with Gasteiger partial charge in [0.05, 0.1) is 17.3 Å². The second-order valence-electron chi connectivity index (χ2n) is 12.2. The lowest BCUT2D eigenvalue weighted by molar-refractivity contribution is -0.158. The number of esters is 1. The average Bonchev–Trinajstić information content (AvgIpc) is 3.67. The summed E-state index contributed by atoms with van der Waals surface area (Å²) in [4.78, 5) is 10.9. The molecule has 2 aliphatic carbocycles. The summed E-state index contributed by atoms with van der Waals surface area (Å²) < 4.78 is 36.0. The van der Waals surface area contributed by atoms with E-state index < -0.39 is 10.0 Å². The number of carbonyl (C=O) groups is 1. The Kier molecular flexibility index (Phi) is 12.2. The molecule has 0 bridgehead atoms. The molecule has 4 rings (SSSR count). The SMILES string of the molecule is CC(C)C(=O)OC(C)(C)C.CC(C)NS(=O)(=O)C1CC1.CC(C)OC1c2ccccc2CCc2ccccc21. The molecule has 0 spiro atoms. The minimum Gasteiger partial charge on any atom is -0.460 e. The molecule has 0 aromatic heterocycles. The Morgan fingerprint density at radius 2 is 1.31 bits per heavy atom. The van der Waals surface area contributed by atoms with Gasteiger partial charge in [0.1, 0.15) is 11.7 Å². The molecule has 0 unspecified atom stereocenters. The van der Waals surface area contributed by atoms with Crippen LogP contribution >= 0.6 is 0 Å². The van der Waals surface area contributed by atoms with Gasteiger partial charge in [-0.25, -0.2) is 13.1 Å². The number of hydrogen-bond acceptors (Lipinski definition) is 5. The van der Waals surface area contributed by atoms with E-state index in [1.165, 1.54) is 22.3 Å². The van der Waals surface area contributed by atoms with Gasteiger partial charge < -0.3 is 9.47 Å². The van der Waals surface area contributed by atoms with Crippen LogP contribution in [0.1, 0.15) is 104 Å². The highest BCUT2D eigenvalue weighted by atomic mass is 32.2. The lowest BCUT2D eigenvalue weighted by Crippen LogP contribution is -2.32. The molecular weight excluding hydrogens is 510 g/mol. The Labute approximate surface area is 236 Å². The van der Waals surface area contributed by atoms with Crippen LogP contribution in [0.25, 0.3) is 0 Å². The summed E-state index contributed by atoms with van der Waals surface area (Å²) in [6.07, 6.45) is 4.18. The summed E-state index contributed by atoms with van der Waals surface area (Å²) >= 11 is 0. The summed E-state index contributed by atoms with van der Waals surface area (Å²) in [5.41, 5.74) is 5.16. The first-order valence-corrected chi connectivity index (χ1v) is 15.7. The maximum atomic E-state index is 11.1. The van der Waals surface area contributed by atoms with Gasteiger partial charge in [0.25, 0.3) is 0 Å². The highest BCUT2D eigenvalue weighted by Gasteiger charge is 2.35. The van der Waals surface area contributed by atoms with Gasteiger partial charge in [-0.15, -0.1) is 0 Å². The minimum atomic E-state index is -2.94. The minimum absolute atomic E-state index is 0.0285. The molecule has 0 saturated heterocycles. The fraction of sp³-hybridized carbons (Fsp3) is 0.594. The zero-order valence-electron chi connectivity index (χ0n) is 25.3. The Bertz CT molecular complexity index is 1110. The predicted molar refractivity (Wildman–Crippen MR) is 159 cm³/mol. The van der Waals surface area contributed by atoms with Gasteiger partial charge in [-0.05, 0) is 96.4 Å². The number of sulfonamides is 1. The molecule has 0 atom stereocenters. The molecule has 0 radical (unpaired) electrons. The molecule has 6 nitrogen and oxygen atoms in total. The van der Waals surface area contributed by atoms with Crippen LogP contribution in [0.5, 0.6) is 0 Å². The number of hydrogen-bond donors (Lipinski definition) is 1. The fourth-order valence-electron chi connectivity index (χ4n) is 4.11. The molecule has 2 aromatic rings. The number of aryl methyl sites for hydroxylation is 2. The van der Waals surface area contributed by atoms with E-state index in [2.05, 4.69) is 67.1 Å². The van der Waals surface area contributed by atoms with E-state index in [1.807, 2.05) is 48.5 Å². The molecule has 2 aromatic carbocycles. The molecule has 1 saturated carbocycles. The number of ether oxygens (including phenoxy) is 2. The number of fused-ring (bicyclic) bond motifs is 2. The van der Waals surface area contributed by atoms with E-state index in [9.17, 15) is 13.2 Å². The van der Waals surface area contributed by atoms with Crippen molar-refractivity contribution >= 4 is 16.0 Å². The second kappa shape index (κ2) is 14.4. The molecule has 1 N–H and O–H groups in total. The van der Waals surface area contributed by atoms with Crippen molar-refractivity contribution < 1.29 is 22.7 Å². The first-order valence-electron chi connectivity index (χ1n) is 14.2. The van der Waals surface area contributed by atoms with Gasteiger partial charge >= 0.3 is 5.97 Å². The molecule has 0 heterocycles. The van der Waals surface area contributed by atoms with E-state index in [0.717, 1.165) is 25.7 Å². The first kappa shape index (κ1) is 33.0. The van der Waals surface area contributed by atoms with Gasteiger partial charge in [-0.1, -0.05) is 62.4 Å². The lowest BCUT2D eigenvalue weighted by Gasteiger charge is -2.23. The van der Waals surface area contributed by atoms with Crippen molar-refractivity contribution in [2.75, 3.05) is 0 Å². The molecule has 39 heavy (non-hydrogen) atoms. The van der Waals surface area contributed by atoms with E-state index >= 15 is 0 Å². The molecule has 1 fully saturated rings. The topological polar surface area (TPSA) is 81.7 Å². The van der Waals surface area contributed by atoms with Crippen molar-refractivity contribution in [3.05, 3.63) is 70.8 Å². The summed E-state index contributed by atoms with van der Waals surface area (Å²) in [7, 11) is -2.94. The van der Waals surface area contributed by atoms with E-state index in [-0.39, 0.29) is 41.0 Å². The van der Waals surface area contributed by atoms with Crippen LogP contribution in [-0.2, 0) is 37.1 Å².